The average molecular weight is 189 g/mol. The monoisotopic (exact) mass is 188 g/mol. The van der Waals surface area contributed by atoms with Crippen molar-refractivity contribution >= 4 is 29.2 Å². The summed E-state index contributed by atoms with van der Waals surface area (Å²) < 4.78 is 16.4. The van der Waals surface area contributed by atoms with E-state index < -0.39 is 16.5 Å². The van der Waals surface area contributed by atoms with Crippen LogP contribution in [0.15, 0.2) is 0 Å². The van der Waals surface area contributed by atoms with E-state index in [-0.39, 0.29) is 0 Å². The second-order valence-electron chi connectivity index (χ2n) is 1.87. The van der Waals surface area contributed by atoms with Gasteiger partial charge in [-0.25, -0.2) is 4.39 Å². The Morgan fingerprint density at radius 1 is 1.80 bits per heavy atom. The lowest BCUT2D eigenvalue weighted by Crippen LogP contribution is -2.37. The first-order valence-corrected chi connectivity index (χ1v) is 3.29. The fraction of sp³-hybridized carbons (Fsp3) is 0.800. The highest BCUT2D eigenvalue weighted by Crippen LogP contribution is 2.26. The predicted octanol–water partition coefficient (Wildman–Crippen LogP) is 1.69. The third-order valence-electron chi connectivity index (χ3n) is 0.994. The Hall–Kier alpha value is -0.0200. The zero-order chi connectivity index (χ0) is 8.36. The van der Waals surface area contributed by atoms with Crippen molar-refractivity contribution in [2.45, 2.75) is 17.4 Å². The van der Waals surface area contributed by atoms with Gasteiger partial charge in [-0.3, -0.25) is 4.79 Å². The van der Waals surface area contributed by atoms with Crippen LogP contribution >= 0.6 is 23.2 Å². The van der Waals surface area contributed by atoms with Gasteiger partial charge in [-0.15, -0.1) is 11.6 Å². The van der Waals surface area contributed by atoms with Gasteiger partial charge < -0.3 is 4.74 Å². The number of esters is 1. The summed E-state index contributed by atoms with van der Waals surface area (Å²) in [5.41, 5.74) is -1.94. The Morgan fingerprint density at radius 3 is 2.30 bits per heavy atom. The summed E-state index contributed by atoms with van der Waals surface area (Å²) in [6, 6.07) is 0. The molecule has 0 bridgehead atoms. The lowest BCUT2D eigenvalue weighted by atomic mass is 10.2. The Morgan fingerprint density at radius 2 is 2.20 bits per heavy atom. The SMILES string of the molecule is COC(=O)[C@](C)(Cl)[C@H](F)Cl. The van der Waals surface area contributed by atoms with E-state index >= 15 is 0 Å². The molecular weight excluding hydrogens is 182 g/mol. The van der Waals surface area contributed by atoms with E-state index in [1.54, 1.807) is 0 Å². The molecule has 0 aliphatic rings. The second-order valence-corrected chi connectivity index (χ2v) is 3.04. The summed E-state index contributed by atoms with van der Waals surface area (Å²) in [5, 5.41) is 0. The van der Waals surface area contributed by atoms with Crippen LogP contribution in [0.2, 0.25) is 0 Å². The normalized spacial score (nSPS) is 19.3. The molecule has 0 fully saturated rings. The number of carbonyl (C=O) groups excluding carboxylic acids is 1. The minimum Gasteiger partial charge on any atom is -0.468 e. The molecular formula is C5H7Cl2FO2. The molecule has 0 saturated carbocycles. The first kappa shape index (κ1) is 9.98. The predicted molar refractivity (Wildman–Crippen MR) is 37.0 cm³/mol. The van der Waals surface area contributed by atoms with Crippen LogP contribution in [0.25, 0.3) is 0 Å². The van der Waals surface area contributed by atoms with Gasteiger partial charge in [0, 0.05) is 0 Å². The largest absolute Gasteiger partial charge is 0.468 e. The molecule has 0 aromatic heterocycles. The van der Waals surface area contributed by atoms with Crippen LogP contribution in [-0.2, 0) is 9.53 Å². The molecule has 0 unspecified atom stereocenters. The molecule has 0 aromatic carbocycles. The highest BCUT2D eigenvalue weighted by molar-refractivity contribution is 6.39. The molecule has 2 atom stereocenters. The molecule has 0 aromatic rings. The summed E-state index contributed by atoms with van der Waals surface area (Å²) >= 11 is 10.3. The number of rotatable bonds is 2. The van der Waals surface area contributed by atoms with Crippen molar-refractivity contribution in [2.24, 2.45) is 0 Å². The van der Waals surface area contributed by atoms with Crippen molar-refractivity contribution in [3.05, 3.63) is 0 Å². The zero-order valence-corrected chi connectivity index (χ0v) is 7.04. The maximum absolute atomic E-state index is 12.2. The second kappa shape index (κ2) is 3.39. The van der Waals surface area contributed by atoms with Gasteiger partial charge in [0.05, 0.1) is 7.11 Å². The molecule has 60 valence electrons. The van der Waals surface area contributed by atoms with Gasteiger partial charge in [-0.2, -0.15) is 0 Å². The number of ether oxygens (including phenoxy) is 1. The molecule has 0 saturated heterocycles. The molecule has 2 nitrogen and oxygen atoms in total. The van der Waals surface area contributed by atoms with E-state index in [9.17, 15) is 9.18 Å². The fourth-order valence-electron chi connectivity index (χ4n) is 0.289. The van der Waals surface area contributed by atoms with Gasteiger partial charge in [-0.1, -0.05) is 11.6 Å². The molecule has 5 heteroatoms. The lowest BCUT2D eigenvalue weighted by molar-refractivity contribution is -0.144. The molecule has 0 amide bonds. The number of methoxy groups -OCH3 is 1. The van der Waals surface area contributed by atoms with E-state index in [0.717, 1.165) is 14.0 Å². The smallest absolute Gasteiger partial charge is 0.331 e. The fourth-order valence-corrected chi connectivity index (χ4v) is 0.455. The molecule has 0 rings (SSSR count). The molecule has 0 radical (unpaired) electrons. The lowest BCUT2D eigenvalue weighted by Gasteiger charge is -2.17. The maximum Gasteiger partial charge on any atom is 0.331 e. The van der Waals surface area contributed by atoms with E-state index in [2.05, 4.69) is 4.74 Å². The van der Waals surface area contributed by atoms with Gasteiger partial charge in [0.25, 0.3) is 0 Å². The van der Waals surface area contributed by atoms with Crippen molar-refractivity contribution in [3.8, 4) is 0 Å². The molecule has 0 spiro atoms. The molecule has 0 aliphatic heterocycles. The van der Waals surface area contributed by atoms with Crippen LogP contribution in [0.3, 0.4) is 0 Å². The first-order valence-electron chi connectivity index (χ1n) is 2.48. The van der Waals surface area contributed by atoms with Gasteiger partial charge >= 0.3 is 5.97 Å². The Kier molecular flexibility index (Phi) is 3.39. The van der Waals surface area contributed by atoms with Crippen molar-refractivity contribution in [3.63, 3.8) is 0 Å². The van der Waals surface area contributed by atoms with Crippen molar-refractivity contribution in [1.82, 2.24) is 0 Å². The molecule has 10 heavy (non-hydrogen) atoms. The number of hydrogen-bond donors (Lipinski definition) is 0. The summed E-state index contributed by atoms with van der Waals surface area (Å²) in [5.74, 6) is -0.878. The van der Waals surface area contributed by atoms with E-state index in [1.807, 2.05) is 0 Å². The van der Waals surface area contributed by atoms with Crippen LogP contribution in [0, 0.1) is 0 Å². The minimum atomic E-state index is -1.94. The third-order valence-corrected chi connectivity index (χ3v) is 1.89. The topological polar surface area (TPSA) is 26.3 Å². The molecule has 0 heterocycles. The number of alkyl halides is 3. The van der Waals surface area contributed by atoms with Crippen LogP contribution in [-0.4, -0.2) is 23.6 Å². The summed E-state index contributed by atoms with van der Waals surface area (Å²) in [6.45, 7) is 1.15. The summed E-state index contributed by atoms with van der Waals surface area (Å²) in [7, 11) is 1.11. The number of hydrogen-bond acceptors (Lipinski definition) is 2. The molecule has 0 aliphatic carbocycles. The highest BCUT2D eigenvalue weighted by atomic mass is 35.5. The number of carbonyl (C=O) groups is 1. The zero-order valence-electron chi connectivity index (χ0n) is 5.53. The van der Waals surface area contributed by atoms with Gasteiger partial charge in [0.1, 0.15) is 0 Å². The highest BCUT2D eigenvalue weighted by Gasteiger charge is 2.40. The average Bonchev–Trinajstić information content (AvgIpc) is 1.86. The maximum atomic E-state index is 12.2. The van der Waals surface area contributed by atoms with Crippen molar-refractivity contribution < 1.29 is 13.9 Å². The quantitative estimate of drug-likeness (QED) is 0.488. The Bertz CT molecular complexity index is 136. The van der Waals surface area contributed by atoms with Gasteiger partial charge in [-0.05, 0) is 6.92 Å². The molecule has 0 N–H and O–H groups in total. The number of halogens is 3. The van der Waals surface area contributed by atoms with Gasteiger partial charge in [0.15, 0.2) is 4.87 Å². The van der Waals surface area contributed by atoms with E-state index in [1.165, 1.54) is 0 Å². The summed E-state index contributed by atoms with van der Waals surface area (Å²) in [4.78, 5) is 8.81. The van der Waals surface area contributed by atoms with E-state index in [4.69, 9.17) is 23.2 Å². The van der Waals surface area contributed by atoms with Crippen LogP contribution < -0.4 is 0 Å². The minimum absolute atomic E-state index is 0.878. The third kappa shape index (κ3) is 1.99. The Labute approximate surface area is 68.2 Å². The Balaban J connectivity index is 4.24. The first-order chi connectivity index (χ1) is 4.42. The van der Waals surface area contributed by atoms with Crippen LogP contribution in [0.5, 0.6) is 0 Å². The van der Waals surface area contributed by atoms with E-state index in [0.29, 0.717) is 0 Å². The summed E-state index contributed by atoms with van der Waals surface area (Å²) in [6.07, 6.45) is 0. The van der Waals surface area contributed by atoms with Crippen molar-refractivity contribution in [2.75, 3.05) is 7.11 Å². The van der Waals surface area contributed by atoms with Gasteiger partial charge in [0.2, 0.25) is 5.63 Å². The van der Waals surface area contributed by atoms with Crippen LogP contribution in [0.1, 0.15) is 6.92 Å². The van der Waals surface area contributed by atoms with Crippen LogP contribution in [0.4, 0.5) is 4.39 Å². The van der Waals surface area contributed by atoms with Crippen molar-refractivity contribution in [1.29, 1.82) is 0 Å². The standard InChI is InChI=1S/C5H7Cl2FO2/c1-5(7,3(6)8)4(9)10-2/h3H,1-2H3/t3-,5+/m0/s1.